The molecule has 0 saturated heterocycles. The molecule has 0 spiro atoms. The smallest absolute Gasteiger partial charge is 0.416 e. The van der Waals surface area contributed by atoms with Gasteiger partial charge in [0.1, 0.15) is 12.4 Å². The molecular weight excluding hydrogens is 467 g/mol. The molecule has 2 heterocycles. The lowest BCUT2D eigenvalue weighted by Gasteiger charge is -2.40. The first-order chi connectivity index (χ1) is 16.3. The van der Waals surface area contributed by atoms with Crippen molar-refractivity contribution in [3.8, 4) is 11.3 Å². The van der Waals surface area contributed by atoms with E-state index in [4.69, 9.17) is 4.42 Å². The minimum atomic E-state index is -4.61. The lowest BCUT2D eigenvalue weighted by molar-refractivity contribution is -0.270. The average molecular weight is 492 g/mol. The van der Waals surface area contributed by atoms with Crippen molar-refractivity contribution in [3.63, 3.8) is 0 Å². The topological polar surface area (TPSA) is 116 Å². The van der Waals surface area contributed by atoms with Crippen LogP contribution in [0.5, 0.6) is 0 Å². The summed E-state index contributed by atoms with van der Waals surface area (Å²) < 4.78 is 47.5. The number of carbonyl (C=O) groups is 2. The van der Waals surface area contributed by atoms with Crippen LogP contribution in [0.4, 0.5) is 18.0 Å². The average Bonchev–Trinajstić information content (AvgIpc) is 3.39. The number of nitrogens with zero attached hydrogens (tertiary/aromatic N) is 4. The fourth-order valence-corrected chi connectivity index (χ4v) is 3.64. The Morgan fingerprint density at radius 3 is 2.49 bits per heavy atom. The summed E-state index contributed by atoms with van der Waals surface area (Å²) in [4.78, 5) is 25.7. The van der Waals surface area contributed by atoms with Crippen molar-refractivity contribution in [2.75, 3.05) is 6.54 Å². The standard InChI is InChI=1S/C23H26F3N5O4/c1-22(2,3)31(21(33)34)12-16(9-14-7-5-6-8-17(14)23(24,25)26)28-20(32)19-10-15(13-35-19)18-11-27-29-30(18)4/h5-8,10-11,13,16H,9,12H2,1-4H3,(H,28,32)(H,33,34)/p-1/t16-/m0/s1. The van der Waals surface area contributed by atoms with E-state index in [2.05, 4.69) is 15.6 Å². The van der Waals surface area contributed by atoms with Crippen molar-refractivity contribution in [1.82, 2.24) is 25.2 Å². The molecule has 2 amide bonds. The number of carbonyl (C=O) groups excluding carboxylic acids is 2. The van der Waals surface area contributed by atoms with E-state index < -0.39 is 35.3 Å². The minimum absolute atomic E-state index is 0.0846. The Kier molecular flexibility index (Phi) is 7.22. The van der Waals surface area contributed by atoms with Gasteiger partial charge in [0.15, 0.2) is 5.76 Å². The molecule has 0 aliphatic carbocycles. The number of carboxylic acid groups (broad SMARTS) is 1. The molecule has 0 aliphatic rings. The number of halogens is 3. The summed E-state index contributed by atoms with van der Waals surface area (Å²) in [5, 5.41) is 22.0. The van der Waals surface area contributed by atoms with Gasteiger partial charge < -0.3 is 24.5 Å². The van der Waals surface area contributed by atoms with E-state index >= 15 is 0 Å². The van der Waals surface area contributed by atoms with Crippen LogP contribution in [0.15, 0.2) is 47.2 Å². The molecule has 3 aromatic rings. The number of amides is 2. The molecule has 188 valence electrons. The highest BCUT2D eigenvalue weighted by atomic mass is 19.4. The highest BCUT2D eigenvalue weighted by Crippen LogP contribution is 2.32. The van der Waals surface area contributed by atoms with Gasteiger partial charge in [-0.2, -0.15) is 13.2 Å². The summed E-state index contributed by atoms with van der Waals surface area (Å²) in [5.74, 6) is -0.820. The van der Waals surface area contributed by atoms with Gasteiger partial charge in [-0.1, -0.05) is 23.4 Å². The van der Waals surface area contributed by atoms with Crippen LogP contribution in [0.2, 0.25) is 0 Å². The molecule has 0 bridgehead atoms. The number of benzene rings is 1. The summed E-state index contributed by atoms with van der Waals surface area (Å²) in [6.07, 6.45) is -3.60. The second-order valence-corrected chi connectivity index (χ2v) is 9.02. The second kappa shape index (κ2) is 9.80. The number of aryl methyl sites for hydroxylation is 1. The zero-order valence-corrected chi connectivity index (χ0v) is 19.6. The van der Waals surface area contributed by atoms with E-state index in [1.54, 1.807) is 27.8 Å². The molecular formula is C23H25F3N5O4-. The lowest BCUT2D eigenvalue weighted by atomic mass is 9.97. The fourth-order valence-electron chi connectivity index (χ4n) is 3.64. The number of nitrogens with one attached hydrogen (secondary N) is 1. The number of rotatable bonds is 7. The third-order valence-corrected chi connectivity index (χ3v) is 5.39. The lowest BCUT2D eigenvalue weighted by Crippen LogP contribution is -2.57. The monoisotopic (exact) mass is 492 g/mol. The second-order valence-electron chi connectivity index (χ2n) is 9.02. The number of alkyl halides is 3. The molecule has 1 atom stereocenters. The summed E-state index contributed by atoms with van der Waals surface area (Å²) in [7, 11) is 1.66. The van der Waals surface area contributed by atoms with Gasteiger partial charge in [-0.05, 0) is 44.9 Å². The molecule has 0 radical (unpaired) electrons. The Morgan fingerprint density at radius 1 is 1.23 bits per heavy atom. The van der Waals surface area contributed by atoms with E-state index in [1.807, 2.05) is 0 Å². The molecule has 0 saturated carbocycles. The molecule has 2 aromatic heterocycles. The van der Waals surface area contributed by atoms with Gasteiger partial charge in [0.2, 0.25) is 0 Å². The van der Waals surface area contributed by atoms with E-state index in [9.17, 15) is 27.9 Å². The van der Waals surface area contributed by atoms with Crippen molar-refractivity contribution in [2.45, 2.75) is 44.9 Å². The third kappa shape index (κ3) is 6.19. The third-order valence-electron chi connectivity index (χ3n) is 5.39. The highest BCUT2D eigenvalue weighted by Gasteiger charge is 2.34. The minimum Gasteiger partial charge on any atom is -0.530 e. The van der Waals surface area contributed by atoms with Crippen LogP contribution in [0, 0.1) is 0 Å². The van der Waals surface area contributed by atoms with Gasteiger partial charge in [0.05, 0.1) is 23.5 Å². The molecule has 3 rings (SSSR count). The molecule has 1 aromatic carbocycles. The summed E-state index contributed by atoms with van der Waals surface area (Å²) >= 11 is 0. The normalized spacial score (nSPS) is 12.9. The molecule has 9 nitrogen and oxygen atoms in total. The van der Waals surface area contributed by atoms with Gasteiger partial charge in [-0.3, -0.25) is 4.79 Å². The van der Waals surface area contributed by atoms with Crippen molar-refractivity contribution in [1.29, 1.82) is 0 Å². The number of hydrogen-bond acceptors (Lipinski definition) is 6. The predicted octanol–water partition coefficient (Wildman–Crippen LogP) is 2.88. The maximum Gasteiger partial charge on any atom is 0.416 e. The first-order valence-electron chi connectivity index (χ1n) is 10.7. The van der Waals surface area contributed by atoms with Crippen molar-refractivity contribution in [3.05, 3.63) is 59.7 Å². The number of furan rings is 1. The molecule has 0 fully saturated rings. The maximum absolute atomic E-state index is 13.5. The van der Waals surface area contributed by atoms with Crippen LogP contribution in [-0.4, -0.2) is 50.0 Å². The van der Waals surface area contributed by atoms with Crippen LogP contribution in [0.3, 0.4) is 0 Å². The summed E-state index contributed by atoms with van der Waals surface area (Å²) in [5.41, 5.74) is -0.764. The molecule has 0 aliphatic heterocycles. The fraction of sp³-hybridized carbons (Fsp3) is 0.391. The maximum atomic E-state index is 13.5. The zero-order chi connectivity index (χ0) is 26.0. The van der Waals surface area contributed by atoms with E-state index in [0.29, 0.717) is 11.3 Å². The first kappa shape index (κ1) is 25.8. The first-order valence-corrected chi connectivity index (χ1v) is 10.7. The van der Waals surface area contributed by atoms with Gasteiger partial charge in [-0.25, -0.2) is 4.68 Å². The van der Waals surface area contributed by atoms with Gasteiger partial charge in [0, 0.05) is 24.7 Å². The molecule has 0 unspecified atom stereocenters. The van der Waals surface area contributed by atoms with Crippen molar-refractivity contribution in [2.24, 2.45) is 7.05 Å². The van der Waals surface area contributed by atoms with Crippen LogP contribution in [0.25, 0.3) is 11.3 Å². The van der Waals surface area contributed by atoms with E-state index in [1.165, 1.54) is 41.4 Å². The van der Waals surface area contributed by atoms with E-state index in [0.717, 1.165) is 11.0 Å². The van der Waals surface area contributed by atoms with Crippen LogP contribution in [0.1, 0.15) is 42.5 Å². The summed E-state index contributed by atoms with van der Waals surface area (Å²) in [6.45, 7) is 4.55. The molecule has 12 heteroatoms. The highest BCUT2D eigenvalue weighted by molar-refractivity contribution is 5.93. The number of aromatic nitrogens is 3. The Bertz CT molecular complexity index is 1200. The van der Waals surface area contributed by atoms with Gasteiger partial charge in [-0.15, -0.1) is 5.10 Å². The van der Waals surface area contributed by atoms with Gasteiger partial charge in [0.25, 0.3) is 5.91 Å². The Labute approximate surface area is 199 Å². The zero-order valence-electron chi connectivity index (χ0n) is 19.6. The van der Waals surface area contributed by atoms with Crippen LogP contribution in [-0.2, 0) is 19.6 Å². The quantitative estimate of drug-likeness (QED) is 0.542. The Hall–Kier alpha value is -3.83. The SMILES string of the molecule is Cn1nncc1-c1coc(C(=O)N[C@@H](Cc2ccccc2C(F)(F)F)CN(C(=O)[O-])C(C)(C)C)c1. The Balaban J connectivity index is 1.90. The molecule has 1 N–H and O–H groups in total. The van der Waals surface area contributed by atoms with Crippen LogP contribution < -0.4 is 10.4 Å². The van der Waals surface area contributed by atoms with Crippen LogP contribution >= 0.6 is 0 Å². The largest absolute Gasteiger partial charge is 0.530 e. The van der Waals surface area contributed by atoms with Crippen molar-refractivity contribution < 1.29 is 32.3 Å². The number of hydrogen-bond donors (Lipinski definition) is 1. The van der Waals surface area contributed by atoms with Crippen molar-refractivity contribution >= 4 is 12.0 Å². The predicted molar refractivity (Wildman–Crippen MR) is 117 cm³/mol. The Morgan fingerprint density at radius 2 is 1.91 bits per heavy atom. The molecule has 35 heavy (non-hydrogen) atoms. The summed E-state index contributed by atoms with van der Waals surface area (Å²) in [6, 6.07) is 5.37. The van der Waals surface area contributed by atoms with E-state index in [-0.39, 0.29) is 24.3 Å². The van der Waals surface area contributed by atoms with Gasteiger partial charge >= 0.3 is 6.18 Å².